The predicted molar refractivity (Wildman–Crippen MR) is 88.8 cm³/mol. The molecule has 0 radical (unpaired) electrons. The number of amides is 1. The van der Waals surface area contributed by atoms with Crippen molar-refractivity contribution in [3.63, 3.8) is 0 Å². The highest BCUT2D eigenvalue weighted by molar-refractivity contribution is 6.30. The van der Waals surface area contributed by atoms with Crippen molar-refractivity contribution in [3.8, 4) is 0 Å². The number of hydrogen-bond donors (Lipinski definition) is 2. The van der Waals surface area contributed by atoms with E-state index in [4.69, 9.17) is 22.1 Å². The summed E-state index contributed by atoms with van der Waals surface area (Å²) in [5.74, 6) is 0.815. The van der Waals surface area contributed by atoms with E-state index >= 15 is 0 Å². The van der Waals surface area contributed by atoms with Crippen molar-refractivity contribution < 1.29 is 9.53 Å². The number of rotatable bonds is 7. The molecule has 0 bridgehead atoms. The molecule has 1 aromatic rings. The van der Waals surface area contributed by atoms with Gasteiger partial charge in [-0.05, 0) is 29.5 Å². The number of nitrogens with one attached hydrogen (secondary N) is 1. The summed E-state index contributed by atoms with van der Waals surface area (Å²) < 4.78 is 5.45. The lowest BCUT2D eigenvalue weighted by molar-refractivity contribution is -0.132. The van der Waals surface area contributed by atoms with Gasteiger partial charge in [0.05, 0.1) is 0 Å². The fraction of sp³-hybridized carbons (Fsp3) is 0.471. The molecule has 22 heavy (non-hydrogen) atoms. The molecule has 1 unspecified atom stereocenters. The fourth-order valence-corrected chi connectivity index (χ4v) is 3.27. The van der Waals surface area contributed by atoms with E-state index in [9.17, 15) is 4.79 Å². The predicted octanol–water partition coefficient (Wildman–Crippen LogP) is 2.34. The smallest absolute Gasteiger partial charge is 0.249 e. The maximum absolute atomic E-state index is 12.3. The Labute approximate surface area is 136 Å². The van der Waals surface area contributed by atoms with Crippen LogP contribution >= 0.6 is 11.6 Å². The Morgan fingerprint density at radius 3 is 2.91 bits per heavy atom. The Bertz CT molecular complexity index is 547. The largest absolute Gasteiger partial charge is 0.371 e. The van der Waals surface area contributed by atoms with Crippen molar-refractivity contribution in [1.82, 2.24) is 5.32 Å². The van der Waals surface area contributed by atoms with Gasteiger partial charge in [0.2, 0.25) is 5.91 Å². The minimum atomic E-state index is -0.440. The molecule has 1 aliphatic rings. The summed E-state index contributed by atoms with van der Waals surface area (Å²) in [5, 5.41) is 3.58. The van der Waals surface area contributed by atoms with Crippen LogP contribution in [0.15, 0.2) is 36.4 Å². The van der Waals surface area contributed by atoms with Gasteiger partial charge in [-0.15, -0.1) is 0 Å². The molecule has 120 valence electrons. The molecule has 1 aromatic carbocycles. The van der Waals surface area contributed by atoms with E-state index in [1.807, 2.05) is 30.4 Å². The van der Waals surface area contributed by atoms with E-state index in [0.717, 1.165) is 5.02 Å². The third kappa shape index (κ3) is 3.88. The van der Waals surface area contributed by atoms with Crippen LogP contribution < -0.4 is 11.1 Å². The first-order chi connectivity index (χ1) is 10.6. The Morgan fingerprint density at radius 2 is 2.27 bits per heavy atom. The van der Waals surface area contributed by atoms with E-state index in [-0.39, 0.29) is 11.8 Å². The summed E-state index contributed by atoms with van der Waals surface area (Å²) in [5.41, 5.74) is 6.54. The van der Waals surface area contributed by atoms with E-state index in [0.29, 0.717) is 24.9 Å². The third-order valence-electron chi connectivity index (χ3n) is 4.24. The second kappa shape index (κ2) is 7.77. The van der Waals surface area contributed by atoms with E-state index < -0.39 is 6.10 Å². The molecule has 0 heterocycles. The van der Waals surface area contributed by atoms with Crippen molar-refractivity contribution in [2.24, 2.45) is 17.6 Å². The van der Waals surface area contributed by atoms with Crippen molar-refractivity contribution in [2.45, 2.75) is 18.9 Å². The van der Waals surface area contributed by atoms with Crippen LogP contribution in [0.5, 0.6) is 0 Å². The highest BCUT2D eigenvalue weighted by Crippen LogP contribution is 2.56. The highest BCUT2D eigenvalue weighted by Gasteiger charge is 2.54. The van der Waals surface area contributed by atoms with Crippen molar-refractivity contribution in [2.75, 3.05) is 20.2 Å². The van der Waals surface area contributed by atoms with Gasteiger partial charge in [0, 0.05) is 31.1 Å². The zero-order valence-electron chi connectivity index (χ0n) is 13.0. The van der Waals surface area contributed by atoms with Gasteiger partial charge in [-0.2, -0.15) is 0 Å². The summed E-state index contributed by atoms with van der Waals surface area (Å²) in [4.78, 5) is 12.3. The molecule has 2 rings (SSSR count). The maximum Gasteiger partial charge on any atom is 0.249 e. The van der Waals surface area contributed by atoms with Gasteiger partial charge in [0.25, 0.3) is 0 Å². The normalized spacial score (nSPS) is 25.2. The Kier molecular flexibility index (Phi) is 6.00. The molecule has 1 fully saturated rings. The number of ether oxygens (including phenoxy) is 1. The van der Waals surface area contributed by atoms with Gasteiger partial charge in [-0.25, -0.2) is 0 Å². The van der Waals surface area contributed by atoms with Crippen LogP contribution in [-0.4, -0.2) is 32.2 Å². The second-order valence-corrected chi connectivity index (χ2v) is 6.06. The van der Waals surface area contributed by atoms with Crippen LogP contribution in [0.1, 0.15) is 18.4 Å². The zero-order chi connectivity index (χ0) is 16.1. The summed E-state index contributed by atoms with van der Waals surface area (Å²) >= 11 is 6.06. The van der Waals surface area contributed by atoms with Gasteiger partial charge >= 0.3 is 0 Å². The molecule has 5 heteroatoms. The molecule has 1 aliphatic carbocycles. The molecular formula is C17H23ClN2O2. The number of carbonyl (C=O) groups is 1. The van der Waals surface area contributed by atoms with Crippen LogP contribution in [0, 0.1) is 11.8 Å². The Balaban J connectivity index is 2.00. The molecule has 4 nitrogen and oxygen atoms in total. The summed E-state index contributed by atoms with van der Waals surface area (Å²) in [6.45, 7) is 3.09. The van der Waals surface area contributed by atoms with Crippen LogP contribution in [0.25, 0.3) is 0 Å². The van der Waals surface area contributed by atoms with Gasteiger partial charge in [0.15, 0.2) is 0 Å². The molecule has 4 atom stereocenters. The zero-order valence-corrected chi connectivity index (χ0v) is 13.7. The van der Waals surface area contributed by atoms with Gasteiger partial charge < -0.3 is 15.8 Å². The van der Waals surface area contributed by atoms with Gasteiger partial charge in [0.1, 0.15) is 6.10 Å². The van der Waals surface area contributed by atoms with Crippen LogP contribution in [-0.2, 0) is 9.53 Å². The molecule has 0 aromatic heterocycles. The average molecular weight is 323 g/mol. The topological polar surface area (TPSA) is 64.3 Å². The number of nitrogens with two attached hydrogens (primary N) is 1. The van der Waals surface area contributed by atoms with Crippen molar-refractivity contribution in [3.05, 3.63) is 47.0 Å². The van der Waals surface area contributed by atoms with E-state index in [1.165, 1.54) is 5.56 Å². The molecule has 0 aliphatic heterocycles. The lowest BCUT2D eigenvalue weighted by Crippen LogP contribution is -2.38. The number of hydrogen-bond acceptors (Lipinski definition) is 3. The quantitative estimate of drug-likeness (QED) is 0.757. The van der Waals surface area contributed by atoms with E-state index in [1.54, 1.807) is 7.11 Å². The van der Waals surface area contributed by atoms with Gasteiger partial charge in [-0.3, -0.25) is 4.79 Å². The SMILES string of the molecule is CO[C@H](C(=O)NC/C=C/CN)[C@H]1C(c2cccc(Cl)c2)[C@@H]1C. The Hall–Kier alpha value is -1.36. The maximum atomic E-state index is 12.3. The highest BCUT2D eigenvalue weighted by atomic mass is 35.5. The van der Waals surface area contributed by atoms with Gasteiger partial charge in [-0.1, -0.05) is 42.8 Å². The molecule has 0 saturated heterocycles. The van der Waals surface area contributed by atoms with Crippen LogP contribution in [0.2, 0.25) is 5.02 Å². The van der Waals surface area contributed by atoms with Crippen molar-refractivity contribution in [1.29, 1.82) is 0 Å². The lowest BCUT2D eigenvalue weighted by atomic mass is 10.1. The summed E-state index contributed by atoms with van der Waals surface area (Å²) in [6, 6.07) is 7.83. The van der Waals surface area contributed by atoms with E-state index in [2.05, 4.69) is 18.3 Å². The Morgan fingerprint density at radius 1 is 1.50 bits per heavy atom. The second-order valence-electron chi connectivity index (χ2n) is 5.63. The minimum absolute atomic E-state index is 0.0782. The summed E-state index contributed by atoms with van der Waals surface area (Å²) in [6.07, 6.45) is 3.22. The number of benzene rings is 1. The first-order valence-electron chi connectivity index (χ1n) is 7.51. The average Bonchev–Trinajstić information content (AvgIpc) is 3.15. The minimum Gasteiger partial charge on any atom is -0.371 e. The number of carbonyl (C=O) groups excluding carboxylic acids is 1. The first-order valence-corrected chi connectivity index (χ1v) is 7.89. The number of methoxy groups -OCH3 is 1. The lowest BCUT2D eigenvalue weighted by Gasteiger charge is -2.15. The number of halogens is 1. The summed E-state index contributed by atoms with van der Waals surface area (Å²) in [7, 11) is 1.58. The first kappa shape index (κ1) is 17.0. The third-order valence-corrected chi connectivity index (χ3v) is 4.47. The molecule has 3 N–H and O–H groups in total. The molecule has 1 amide bonds. The molecular weight excluding hydrogens is 300 g/mol. The van der Waals surface area contributed by atoms with Crippen LogP contribution in [0.4, 0.5) is 0 Å². The molecule has 1 saturated carbocycles. The van der Waals surface area contributed by atoms with Crippen LogP contribution in [0.3, 0.4) is 0 Å². The standard InChI is InChI=1S/C17H23ClN2O2/c1-11-14(12-6-5-7-13(18)10-12)15(11)16(22-2)17(21)20-9-4-3-8-19/h3-7,10-11,14-16H,8-9,19H2,1-2H3,(H,20,21)/b4-3+/t11-,14?,15+,16-/m0/s1. The van der Waals surface area contributed by atoms with Crippen molar-refractivity contribution >= 4 is 17.5 Å². The fourth-order valence-electron chi connectivity index (χ4n) is 3.08. The monoisotopic (exact) mass is 322 g/mol. The molecule has 0 spiro atoms.